The van der Waals surface area contributed by atoms with Crippen LogP contribution in [-0.2, 0) is 9.53 Å². The summed E-state index contributed by atoms with van der Waals surface area (Å²) in [5.41, 5.74) is 6.95. The molecule has 2 aliphatic heterocycles. The third-order valence-electron chi connectivity index (χ3n) is 6.82. The fourth-order valence-electron chi connectivity index (χ4n) is 4.19. The molecule has 2 aliphatic rings. The van der Waals surface area contributed by atoms with Crippen LogP contribution in [0.5, 0.6) is 0 Å². The maximum absolute atomic E-state index is 12.0. The van der Waals surface area contributed by atoms with Crippen molar-refractivity contribution in [1.29, 1.82) is 0 Å². The zero-order valence-corrected chi connectivity index (χ0v) is 26.3. The first-order chi connectivity index (χ1) is 19.8. The standard InChI is InChI=1S/C25H36N2O2.C12H16/c1-6-8-9-10-11-19(3)20(4)18-23-21(5)29-25(28)13-12-24(23)26-22-14-16-27(7-2)17-15-22;1-4-7-8-9-11-12(6-3)10-5-2/h8-12,18-19,22,26H,4-7,13-17H2,1-3H3;4-8,10-11H,1-3H3/b9-8-,11-10-,23-18+;7-4-,10-5+,12-6-. The minimum absolute atomic E-state index is 0.171. The number of allylic oxidation sites excluding steroid dienone is 13. The summed E-state index contributed by atoms with van der Waals surface area (Å²) in [5, 5.41) is 3.65. The van der Waals surface area contributed by atoms with Crippen molar-refractivity contribution in [2.45, 2.75) is 73.3 Å². The van der Waals surface area contributed by atoms with Crippen LogP contribution in [0.3, 0.4) is 0 Å². The second-order valence-electron chi connectivity index (χ2n) is 10.0. The summed E-state index contributed by atoms with van der Waals surface area (Å²) < 4.78 is 5.40. The fourth-order valence-corrected chi connectivity index (χ4v) is 4.19. The molecule has 0 aromatic heterocycles. The summed E-state index contributed by atoms with van der Waals surface area (Å²) in [4.78, 5) is 14.4. The van der Waals surface area contributed by atoms with Gasteiger partial charge in [-0.1, -0.05) is 88.6 Å². The topological polar surface area (TPSA) is 41.6 Å². The number of rotatable bonds is 11. The summed E-state index contributed by atoms with van der Waals surface area (Å²) >= 11 is 0. The predicted molar refractivity (Wildman–Crippen MR) is 177 cm³/mol. The molecule has 4 nitrogen and oxygen atoms in total. The van der Waals surface area contributed by atoms with Gasteiger partial charge in [0.25, 0.3) is 0 Å². The van der Waals surface area contributed by atoms with Gasteiger partial charge >= 0.3 is 5.97 Å². The van der Waals surface area contributed by atoms with Gasteiger partial charge in [-0.05, 0) is 87.9 Å². The van der Waals surface area contributed by atoms with E-state index in [1.807, 2.05) is 63.3 Å². The van der Waals surface area contributed by atoms with Gasteiger partial charge in [0.05, 0.1) is 6.42 Å². The Bertz CT molecular complexity index is 1130. The maximum Gasteiger partial charge on any atom is 0.315 e. The van der Waals surface area contributed by atoms with Crippen molar-refractivity contribution >= 4 is 5.97 Å². The van der Waals surface area contributed by atoms with E-state index in [1.165, 1.54) is 5.57 Å². The Labute approximate surface area is 250 Å². The predicted octanol–water partition coefficient (Wildman–Crippen LogP) is 8.84. The first-order valence-corrected chi connectivity index (χ1v) is 14.9. The first kappa shape index (κ1) is 35.4. The Hall–Kier alpha value is -3.59. The van der Waals surface area contributed by atoms with Crippen molar-refractivity contribution in [1.82, 2.24) is 10.2 Å². The van der Waals surface area contributed by atoms with Crippen LogP contribution >= 0.6 is 0 Å². The van der Waals surface area contributed by atoms with Crippen LogP contribution in [-0.4, -0.2) is 36.5 Å². The van der Waals surface area contributed by atoms with Gasteiger partial charge in [0.1, 0.15) is 5.76 Å². The number of nitrogens with one attached hydrogen (secondary N) is 1. The number of hydrogen-bond donors (Lipinski definition) is 1. The highest BCUT2D eigenvalue weighted by atomic mass is 16.5. The van der Waals surface area contributed by atoms with E-state index < -0.39 is 0 Å². The van der Waals surface area contributed by atoms with Crippen LogP contribution in [0.4, 0.5) is 0 Å². The summed E-state index contributed by atoms with van der Waals surface area (Å²) in [5.74, 6) is 0.284. The minimum atomic E-state index is -0.276. The number of nitrogens with zero attached hydrogens (tertiary/aromatic N) is 1. The van der Waals surface area contributed by atoms with Gasteiger partial charge in [-0.25, -0.2) is 0 Å². The average Bonchev–Trinajstić information content (AvgIpc) is 3.10. The fraction of sp³-hybridized carbons (Fsp3) is 0.405. The molecule has 0 amide bonds. The second kappa shape index (κ2) is 21.2. The zero-order valence-electron chi connectivity index (χ0n) is 26.3. The van der Waals surface area contributed by atoms with E-state index in [1.54, 1.807) is 0 Å². The number of carbonyl (C=O) groups is 1. The molecule has 4 heteroatoms. The van der Waals surface area contributed by atoms with Gasteiger partial charge in [-0.15, -0.1) is 5.73 Å². The molecular formula is C37H52N2O2. The molecule has 2 heterocycles. The van der Waals surface area contributed by atoms with E-state index in [4.69, 9.17) is 4.74 Å². The van der Waals surface area contributed by atoms with E-state index in [9.17, 15) is 4.79 Å². The number of cyclic esters (lactones) is 1. The lowest BCUT2D eigenvalue weighted by atomic mass is 9.96. The third kappa shape index (κ3) is 14.6. The largest absolute Gasteiger partial charge is 0.426 e. The summed E-state index contributed by atoms with van der Waals surface area (Å²) in [6.07, 6.45) is 29.6. The highest BCUT2D eigenvalue weighted by Gasteiger charge is 2.24. The molecule has 1 atom stereocenters. The number of piperidine rings is 1. The number of carbonyl (C=O) groups excluding carboxylic acids is 1. The lowest BCUT2D eigenvalue weighted by Gasteiger charge is -2.33. The molecule has 222 valence electrons. The Kier molecular flexibility index (Phi) is 18.3. The average molecular weight is 557 g/mol. The zero-order chi connectivity index (χ0) is 30.5. The minimum Gasteiger partial charge on any atom is -0.426 e. The molecule has 0 aliphatic carbocycles. The highest BCUT2D eigenvalue weighted by Crippen LogP contribution is 2.27. The van der Waals surface area contributed by atoms with E-state index in [0.29, 0.717) is 11.8 Å². The van der Waals surface area contributed by atoms with Crippen molar-refractivity contribution < 1.29 is 9.53 Å². The maximum atomic E-state index is 12.0. The number of likely N-dealkylation sites (tertiary alicyclic amines) is 1. The van der Waals surface area contributed by atoms with Gasteiger partial charge in [0, 0.05) is 30.4 Å². The van der Waals surface area contributed by atoms with Gasteiger partial charge in [-0.2, -0.15) is 0 Å². The molecule has 41 heavy (non-hydrogen) atoms. The van der Waals surface area contributed by atoms with Crippen LogP contribution < -0.4 is 5.32 Å². The molecule has 0 saturated carbocycles. The van der Waals surface area contributed by atoms with E-state index in [2.05, 4.69) is 86.3 Å². The monoisotopic (exact) mass is 556 g/mol. The third-order valence-corrected chi connectivity index (χ3v) is 6.82. The van der Waals surface area contributed by atoms with Crippen LogP contribution in [0.2, 0.25) is 0 Å². The number of hydrogen-bond acceptors (Lipinski definition) is 4. The van der Waals surface area contributed by atoms with Crippen molar-refractivity contribution in [3.05, 3.63) is 126 Å². The molecule has 0 radical (unpaired) electrons. The second-order valence-corrected chi connectivity index (χ2v) is 10.0. The van der Waals surface area contributed by atoms with E-state index in [0.717, 1.165) is 55.7 Å². The van der Waals surface area contributed by atoms with Gasteiger partial charge in [0.15, 0.2) is 0 Å². The SMILES string of the molecule is C/C=C\C=C=CC(=C\C)/C=C/C.C=C1OC(=O)CC=C(NC2CCN(CC)CC2)/C1=C/C(=C)C(C)/C=C\C=C/CC. The van der Waals surface area contributed by atoms with Crippen molar-refractivity contribution in [3.63, 3.8) is 0 Å². The normalized spacial score (nSPS) is 19.1. The Balaban J connectivity index is 0.000000590. The van der Waals surface area contributed by atoms with Crippen molar-refractivity contribution in [2.75, 3.05) is 19.6 Å². The quantitative estimate of drug-likeness (QED) is 0.157. The lowest BCUT2D eigenvalue weighted by molar-refractivity contribution is -0.137. The van der Waals surface area contributed by atoms with Gasteiger partial charge in [-0.3, -0.25) is 4.79 Å². The van der Waals surface area contributed by atoms with Crippen LogP contribution in [0.15, 0.2) is 126 Å². The molecular weight excluding hydrogens is 504 g/mol. The van der Waals surface area contributed by atoms with Crippen molar-refractivity contribution in [3.8, 4) is 0 Å². The molecule has 1 saturated heterocycles. The highest BCUT2D eigenvalue weighted by molar-refractivity contribution is 5.75. The van der Waals surface area contributed by atoms with Gasteiger partial charge in [0.2, 0.25) is 0 Å². The van der Waals surface area contributed by atoms with E-state index in [-0.39, 0.29) is 18.3 Å². The molecule has 2 rings (SSSR count). The van der Waals surface area contributed by atoms with Crippen molar-refractivity contribution in [2.24, 2.45) is 5.92 Å². The molecule has 1 N–H and O–H groups in total. The molecule has 1 fully saturated rings. The summed E-state index contributed by atoms with van der Waals surface area (Å²) in [6, 6.07) is 0.387. The molecule has 0 aromatic carbocycles. The van der Waals surface area contributed by atoms with E-state index >= 15 is 0 Å². The number of ether oxygens (including phenoxy) is 1. The Morgan fingerprint density at radius 1 is 1.17 bits per heavy atom. The molecule has 1 unspecified atom stereocenters. The molecule has 0 spiro atoms. The number of esters is 1. The van der Waals surface area contributed by atoms with Gasteiger partial charge < -0.3 is 15.0 Å². The smallest absolute Gasteiger partial charge is 0.315 e. The van der Waals surface area contributed by atoms with Crippen LogP contribution in [0.25, 0.3) is 0 Å². The summed E-state index contributed by atoms with van der Waals surface area (Å²) in [7, 11) is 0. The lowest BCUT2D eigenvalue weighted by Crippen LogP contribution is -2.42. The molecule has 0 bridgehead atoms. The van der Waals surface area contributed by atoms with Crippen LogP contribution in [0, 0.1) is 5.92 Å². The van der Waals surface area contributed by atoms with Crippen LogP contribution in [0.1, 0.15) is 67.2 Å². The Morgan fingerprint density at radius 2 is 1.90 bits per heavy atom. The molecule has 0 aromatic rings. The Morgan fingerprint density at radius 3 is 2.51 bits per heavy atom. The first-order valence-electron chi connectivity index (χ1n) is 14.9. The summed E-state index contributed by atoms with van der Waals surface area (Å²) in [6.45, 7) is 24.0.